The molecule has 0 saturated heterocycles. The molecule has 0 spiro atoms. The molecule has 14 heavy (non-hydrogen) atoms. The van der Waals surface area contributed by atoms with Crippen LogP contribution >= 0.6 is 0 Å². The van der Waals surface area contributed by atoms with Crippen LogP contribution in [0.25, 0.3) is 0 Å². The molecule has 2 rings (SSSR count). The summed E-state index contributed by atoms with van der Waals surface area (Å²) in [4.78, 5) is 8.60. The van der Waals surface area contributed by atoms with Crippen LogP contribution in [0, 0.1) is 0 Å². The van der Waals surface area contributed by atoms with Crippen LogP contribution < -0.4 is 10.1 Å². The van der Waals surface area contributed by atoms with E-state index >= 15 is 0 Å². The van der Waals surface area contributed by atoms with Gasteiger partial charge in [-0.2, -0.15) is 4.98 Å². The van der Waals surface area contributed by atoms with Gasteiger partial charge in [-0.05, 0) is 12.8 Å². The van der Waals surface area contributed by atoms with Crippen LogP contribution in [0.1, 0.15) is 25.6 Å². The third-order valence-corrected chi connectivity index (χ3v) is 2.20. The summed E-state index contributed by atoms with van der Waals surface area (Å²) in [6.07, 6.45) is 3.32. The second-order valence-corrected chi connectivity index (χ2v) is 3.48. The summed E-state index contributed by atoms with van der Waals surface area (Å²) in [5, 5.41) is 3.33. The Bertz CT molecular complexity index is 301. The van der Waals surface area contributed by atoms with E-state index in [4.69, 9.17) is 4.74 Å². The maximum absolute atomic E-state index is 5.11. The molecule has 0 aliphatic heterocycles. The summed E-state index contributed by atoms with van der Waals surface area (Å²) in [7, 11) is 1.63. The van der Waals surface area contributed by atoms with Gasteiger partial charge in [-0.3, -0.25) is 0 Å². The maximum Gasteiger partial charge on any atom is 0.218 e. The highest BCUT2D eigenvalue weighted by atomic mass is 16.5. The van der Waals surface area contributed by atoms with Gasteiger partial charge >= 0.3 is 0 Å². The average Bonchev–Trinajstić information content (AvgIpc) is 3.01. The lowest BCUT2D eigenvalue weighted by Gasteiger charge is -2.07. The van der Waals surface area contributed by atoms with E-state index in [1.807, 2.05) is 13.0 Å². The highest BCUT2D eigenvalue weighted by Gasteiger charge is 2.21. The minimum absolute atomic E-state index is 0.610. The third kappa shape index (κ3) is 2.13. The van der Waals surface area contributed by atoms with Gasteiger partial charge in [-0.1, -0.05) is 6.92 Å². The Labute approximate surface area is 83.7 Å². The molecule has 1 saturated carbocycles. The van der Waals surface area contributed by atoms with E-state index in [-0.39, 0.29) is 0 Å². The lowest BCUT2D eigenvalue weighted by Crippen LogP contribution is -2.06. The molecule has 0 atom stereocenters. The minimum Gasteiger partial charge on any atom is -0.481 e. The Hall–Kier alpha value is -1.32. The van der Waals surface area contributed by atoms with Crippen molar-refractivity contribution in [3.05, 3.63) is 11.9 Å². The minimum atomic E-state index is 0.610. The van der Waals surface area contributed by atoms with Gasteiger partial charge in [0.15, 0.2) is 0 Å². The molecule has 1 aliphatic carbocycles. The number of ether oxygens (including phenoxy) is 1. The summed E-state index contributed by atoms with van der Waals surface area (Å²) in [5.74, 6) is 2.35. The summed E-state index contributed by atoms with van der Waals surface area (Å²) < 4.78 is 5.11. The second kappa shape index (κ2) is 3.82. The quantitative estimate of drug-likeness (QED) is 0.789. The number of hydrogen-bond donors (Lipinski definition) is 1. The van der Waals surface area contributed by atoms with Crippen LogP contribution in [0.15, 0.2) is 6.07 Å². The first-order valence-electron chi connectivity index (χ1n) is 5.00. The van der Waals surface area contributed by atoms with Crippen molar-refractivity contribution in [3.63, 3.8) is 0 Å². The van der Waals surface area contributed by atoms with Crippen LogP contribution in [0.3, 0.4) is 0 Å². The molecule has 0 unspecified atom stereocenters. The molecule has 1 aromatic rings. The van der Waals surface area contributed by atoms with Crippen LogP contribution in [-0.4, -0.2) is 23.1 Å². The molecule has 1 aromatic heterocycles. The van der Waals surface area contributed by atoms with Gasteiger partial charge in [0.05, 0.1) is 7.11 Å². The first-order valence-corrected chi connectivity index (χ1v) is 5.00. The predicted molar refractivity (Wildman–Crippen MR) is 54.6 cm³/mol. The molecule has 76 valence electrons. The summed E-state index contributed by atoms with van der Waals surface area (Å²) in [5.41, 5.74) is 0. The molecular weight excluding hydrogens is 178 g/mol. The molecule has 1 aliphatic rings. The molecule has 0 radical (unpaired) electrons. The van der Waals surface area contributed by atoms with Crippen molar-refractivity contribution < 1.29 is 4.74 Å². The molecule has 1 N–H and O–H groups in total. The van der Waals surface area contributed by atoms with Gasteiger partial charge in [0.2, 0.25) is 5.88 Å². The van der Waals surface area contributed by atoms with Gasteiger partial charge in [-0.15, -0.1) is 0 Å². The first-order chi connectivity index (χ1) is 6.81. The van der Waals surface area contributed by atoms with E-state index < -0.39 is 0 Å². The number of nitrogens with one attached hydrogen (secondary N) is 1. The average molecular weight is 193 g/mol. The summed E-state index contributed by atoms with van der Waals surface area (Å²) in [6, 6.07) is 2.46. The van der Waals surface area contributed by atoms with E-state index in [9.17, 15) is 0 Å². The largest absolute Gasteiger partial charge is 0.481 e. The number of nitrogens with zero attached hydrogens (tertiary/aromatic N) is 2. The number of hydrogen-bond acceptors (Lipinski definition) is 4. The number of methoxy groups -OCH3 is 1. The predicted octanol–water partition coefficient (Wildman–Crippen LogP) is 1.62. The van der Waals surface area contributed by atoms with Gasteiger partial charge in [0, 0.05) is 18.5 Å². The second-order valence-electron chi connectivity index (χ2n) is 3.48. The van der Waals surface area contributed by atoms with Crippen molar-refractivity contribution in [2.75, 3.05) is 12.4 Å². The monoisotopic (exact) mass is 193 g/mol. The Kier molecular flexibility index (Phi) is 2.52. The zero-order chi connectivity index (χ0) is 9.97. The first kappa shape index (κ1) is 9.24. The van der Waals surface area contributed by atoms with E-state index in [1.54, 1.807) is 7.11 Å². The standard InChI is InChI=1S/C10H15N3O/c1-3-8-12-9(11-7-4-5-7)6-10(13-8)14-2/h6-7H,3-5H2,1-2H3,(H,11,12,13). The lowest BCUT2D eigenvalue weighted by molar-refractivity contribution is 0.395. The van der Waals surface area contributed by atoms with Crippen molar-refractivity contribution >= 4 is 5.82 Å². The number of rotatable bonds is 4. The SMILES string of the molecule is CCc1nc(NC2CC2)cc(OC)n1. The Morgan fingerprint density at radius 3 is 2.86 bits per heavy atom. The van der Waals surface area contributed by atoms with Crippen molar-refractivity contribution in [2.24, 2.45) is 0 Å². The zero-order valence-electron chi connectivity index (χ0n) is 8.58. The van der Waals surface area contributed by atoms with Crippen LogP contribution in [0.4, 0.5) is 5.82 Å². The molecule has 0 bridgehead atoms. The van der Waals surface area contributed by atoms with Crippen LogP contribution in [0.5, 0.6) is 5.88 Å². The van der Waals surface area contributed by atoms with E-state index in [0.717, 1.165) is 18.1 Å². The molecule has 0 aromatic carbocycles. The third-order valence-electron chi connectivity index (χ3n) is 2.20. The van der Waals surface area contributed by atoms with Gasteiger partial charge in [0.25, 0.3) is 0 Å². The van der Waals surface area contributed by atoms with Crippen molar-refractivity contribution in [3.8, 4) is 5.88 Å². The molecule has 0 amide bonds. The Morgan fingerprint density at radius 1 is 1.50 bits per heavy atom. The topological polar surface area (TPSA) is 47.0 Å². The van der Waals surface area contributed by atoms with Crippen LogP contribution in [-0.2, 0) is 6.42 Å². The molecule has 4 heteroatoms. The van der Waals surface area contributed by atoms with Gasteiger partial charge in [-0.25, -0.2) is 4.98 Å². The zero-order valence-corrected chi connectivity index (χ0v) is 8.58. The number of anilines is 1. The molecular formula is C10H15N3O. The van der Waals surface area contributed by atoms with E-state index in [0.29, 0.717) is 11.9 Å². The highest BCUT2D eigenvalue weighted by Crippen LogP contribution is 2.24. The summed E-state index contributed by atoms with van der Waals surface area (Å²) in [6.45, 7) is 2.04. The fourth-order valence-electron chi connectivity index (χ4n) is 1.25. The maximum atomic E-state index is 5.11. The van der Waals surface area contributed by atoms with Crippen LogP contribution in [0.2, 0.25) is 0 Å². The van der Waals surface area contributed by atoms with Crippen molar-refractivity contribution in [1.29, 1.82) is 0 Å². The summed E-state index contributed by atoms with van der Waals surface area (Å²) >= 11 is 0. The van der Waals surface area contributed by atoms with Gasteiger partial charge < -0.3 is 10.1 Å². The fraction of sp³-hybridized carbons (Fsp3) is 0.600. The van der Waals surface area contributed by atoms with E-state index in [1.165, 1.54) is 12.8 Å². The van der Waals surface area contributed by atoms with Crippen molar-refractivity contribution in [1.82, 2.24) is 9.97 Å². The van der Waals surface area contributed by atoms with Gasteiger partial charge in [0.1, 0.15) is 11.6 Å². The highest BCUT2D eigenvalue weighted by molar-refractivity contribution is 5.40. The van der Waals surface area contributed by atoms with Crippen molar-refractivity contribution in [2.45, 2.75) is 32.2 Å². The fourth-order valence-corrected chi connectivity index (χ4v) is 1.25. The molecule has 1 heterocycles. The number of aryl methyl sites for hydroxylation is 1. The number of aromatic nitrogens is 2. The normalized spacial score (nSPS) is 15.3. The molecule has 4 nitrogen and oxygen atoms in total. The molecule has 1 fully saturated rings. The Balaban J connectivity index is 2.19. The smallest absolute Gasteiger partial charge is 0.218 e. The van der Waals surface area contributed by atoms with E-state index in [2.05, 4.69) is 15.3 Å². The lowest BCUT2D eigenvalue weighted by atomic mass is 10.4. The Morgan fingerprint density at radius 2 is 2.29 bits per heavy atom.